The van der Waals surface area contributed by atoms with Crippen molar-refractivity contribution in [3.63, 3.8) is 0 Å². The molecule has 0 aliphatic rings. The van der Waals surface area contributed by atoms with E-state index in [0.717, 1.165) is 13.1 Å². The van der Waals surface area contributed by atoms with Crippen molar-refractivity contribution in [3.8, 4) is 0 Å². The van der Waals surface area contributed by atoms with E-state index in [2.05, 4.69) is 48.6 Å². The Morgan fingerprint density at radius 3 is 2.81 bits per heavy atom. The zero-order chi connectivity index (χ0) is 11.8. The first-order chi connectivity index (χ1) is 7.68. The number of hydrogen-bond acceptors (Lipinski definition) is 3. The van der Waals surface area contributed by atoms with E-state index in [-0.39, 0.29) is 0 Å². The van der Waals surface area contributed by atoms with E-state index in [1.165, 1.54) is 24.3 Å². The highest BCUT2D eigenvalue weighted by molar-refractivity contribution is 7.09. The van der Waals surface area contributed by atoms with Gasteiger partial charge in [-0.2, -0.15) is 0 Å². The lowest BCUT2D eigenvalue weighted by atomic mass is 10.2. The molecule has 1 aromatic heterocycles. The monoisotopic (exact) mass is 240 g/mol. The summed E-state index contributed by atoms with van der Waals surface area (Å²) in [6.45, 7) is 7.82. The van der Waals surface area contributed by atoms with Crippen molar-refractivity contribution in [2.24, 2.45) is 0 Å². The Morgan fingerprint density at radius 1 is 1.38 bits per heavy atom. The number of rotatable bonds is 8. The highest BCUT2D eigenvalue weighted by Crippen LogP contribution is 2.10. The molecule has 0 fully saturated rings. The van der Waals surface area contributed by atoms with Crippen molar-refractivity contribution in [1.29, 1.82) is 0 Å². The Hall–Kier alpha value is -0.380. The third kappa shape index (κ3) is 6.26. The summed E-state index contributed by atoms with van der Waals surface area (Å²) in [4.78, 5) is 3.86. The molecule has 92 valence electrons. The zero-order valence-corrected chi connectivity index (χ0v) is 11.5. The van der Waals surface area contributed by atoms with Gasteiger partial charge in [0.1, 0.15) is 0 Å². The first-order valence-corrected chi connectivity index (χ1v) is 7.00. The molecule has 0 atom stereocenters. The molecule has 0 unspecified atom stereocenters. The Balaban J connectivity index is 2.00. The van der Waals surface area contributed by atoms with Crippen molar-refractivity contribution in [1.82, 2.24) is 10.2 Å². The zero-order valence-electron chi connectivity index (χ0n) is 10.7. The van der Waals surface area contributed by atoms with Gasteiger partial charge < -0.3 is 10.2 Å². The molecule has 0 radical (unpaired) electrons. The van der Waals surface area contributed by atoms with Gasteiger partial charge in [-0.05, 0) is 44.4 Å². The van der Waals surface area contributed by atoms with E-state index in [9.17, 15) is 0 Å². The fraction of sp³-hybridized carbons (Fsp3) is 0.692. The Morgan fingerprint density at radius 2 is 2.19 bits per heavy atom. The molecule has 1 aromatic rings. The van der Waals surface area contributed by atoms with Crippen LogP contribution in [0.2, 0.25) is 0 Å². The fourth-order valence-electron chi connectivity index (χ4n) is 1.65. The number of nitrogens with one attached hydrogen (secondary N) is 1. The second kappa shape index (κ2) is 7.82. The number of unbranched alkanes of at least 4 members (excludes halogenated alkanes) is 1. The minimum Gasteiger partial charge on any atom is -0.315 e. The van der Waals surface area contributed by atoms with Gasteiger partial charge in [0.15, 0.2) is 0 Å². The van der Waals surface area contributed by atoms with Crippen LogP contribution < -0.4 is 5.32 Å². The van der Waals surface area contributed by atoms with E-state index in [1.807, 2.05) is 11.3 Å². The molecule has 0 spiro atoms. The van der Waals surface area contributed by atoms with Crippen LogP contribution in [0, 0.1) is 0 Å². The van der Waals surface area contributed by atoms with Crippen LogP contribution in [0.5, 0.6) is 0 Å². The lowest BCUT2D eigenvalue weighted by molar-refractivity contribution is 0.319. The van der Waals surface area contributed by atoms with Crippen molar-refractivity contribution in [3.05, 3.63) is 22.4 Å². The van der Waals surface area contributed by atoms with E-state index >= 15 is 0 Å². The first kappa shape index (κ1) is 13.7. The smallest absolute Gasteiger partial charge is 0.0324 e. The second-order valence-electron chi connectivity index (χ2n) is 4.63. The molecule has 2 nitrogen and oxygen atoms in total. The van der Waals surface area contributed by atoms with Gasteiger partial charge in [-0.3, -0.25) is 0 Å². The van der Waals surface area contributed by atoms with Gasteiger partial charge in [0, 0.05) is 17.5 Å². The van der Waals surface area contributed by atoms with Gasteiger partial charge in [0.2, 0.25) is 0 Å². The van der Waals surface area contributed by atoms with Crippen LogP contribution in [0.3, 0.4) is 0 Å². The molecule has 1 rings (SSSR count). The van der Waals surface area contributed by atoms with Gasteiger partial charge in [-0.1, -0.05) is 19.9 Å². The molecular formula is C13H24N2S. The molecule has 16 heavy (non-hydrogen) atoms. The Labute approximate surface area is 104 Å². The molecule has 0 aromatic carbocycles. The number of hydrogen-bond donors (Lipinski definition) is 1. The highest BCUT2D eigenvalue weighted by atomic mass is 32.1. The average molecular weight is 240 g/mol. The van der Waals surface area contributed by atoms with Crippen molar-refractivity contribution < 1.29 is 0 Å². The molecule has 0 amide bonds. The minimum atomic E-state index is 0.615. The predicted octanol–water partition coefficient (Wildman–Crippen LogP) is 2.96. The molecule has 1 heterocycles. The summed E-state index contributed by atoms with van der Waals surface area (Å²) in [5, 5.41) is 5.60. The maximum Gasteiger partial charge on any atom is 0.0324 e. The van der Waals surface area contributed by atoms with Gasteiger partial charge in [-0.25, -0.2) is 0 Å². The van der Waals surface area contributed by atoms with Crippen LogP contribution in [0.1, 0.15) is 31.6 Å². The molecule has 0 saturated carbocycles. The quantitative estimate of drug-likeness (QED) is 0.703. The van der Waals surface area contributed by atoms with Crippen molar-refractivity contribution in [2.45, 2.75) is 39.3 Å². The Kier molecular flexibility index (Phi) is 6.69. The summed E-state index contributed by atoms with van der Waals surface area (Å²) < 4.78 is 0. The maximum absolute atomic E-state index is 3.45. The summed E-state index contributed by atoms with van der Waals surface area (Å²) in [7, 11) is 2.20. The Bertz CT molecular complexity index is 257. The van der Waals surface area contributed by atoms with E-state index < -0.39 is 0 Å². The van der Waals surface area contributed by atoms with Crippen LogP contribution in [-0.2, 0) is 6.54 Å². The third-order valence-corrected chi connectivity index (χ3v) is 3.39. The normalized spacial score (nSPS) is 11.6. The van der Waals surface area contributed by atoms with E-state index in [1.54, 1.807) is 0 Å². The molecular weight excluding hydrogens is 216 g/mol. The summed E-state index contributed by atoms with van der Waals surface area (Å²) in [5.74, 6) is 0. The minimum absolute atomic E-state index is 0.615. The average Bonchev–Trinajstić information content (AvgIpc) is 2.69. The van der Waals surface area contributed by atoms with Crippen molar-refractivity contribution in [2.75, 3.05) is 20.1 Å². The molecule has 0 bridgehead atoms. The summed E-state index contributed by atoms with van der Waals surface area (Å²) in [6.07, 6.45) is 2.55. The molecule has 1 N–H and O–H groups in total. The van der Waals surface area contributed by atoms with E-state index in [4.69, 9.17) is 0 Å². The van der Waals surface area contributed by atoms with Crippen LogP contribution in [0.4, 0.5) is 0 Å². The SMILES string of the molecule is CC(C)NCCCCN(C)Cc1cccs1. The second-order valence-corrected chi connectivity index (χ2v) is 5.67. The predicted molar refractivity (Wildman–Crippen MR) is 73.0 cm³/mol. The van der Waals surface area contributed by atoms with Crippen LogP contribution in [0.15, 0.2) is 17.5 Å². The lowest BCUT2D eigenvalue weighted by Gasteiger charge is -2.15. The maximum atomic E-state index is 3.45. The van der Waals surface area contributed by atoms with Gasteiger partial charge in [-0.15, -0.1) is 11.3 Å². The first-order valence-electron chi connectivity index (χ1n) is 6.13. The third-order valence-electron chi connectivity index (χ3n) is 2.53. The topological polar surface area (TPSA) is 15.3 Å². The fourth-order valence-corrected chi connectivity index (χ4v) is 2.43. The van der Waals surface area contributed by atoms with Gasteiger partial charge in [0.05, 0.1) is 0 Å². The van der Waals surface area contributed by atoms with Crippen LogP contribution >= 0.6 is 11.3 Å². The van der Waals surface area contributed by atoms with Crippen LogP contribution in [-0.4, -0.2) is 31.1 Å². The molecule has 0 saturated heterocycles. The van der Waals surface area contributed by atoms with E-state index in [0.29, 0.717) is 6.04 Å². The summed E-state index contributed by atoms with van der Waals surface area (Å²) in [6, 6.07) is 4.95. The summed E-state index contributed by atoms with van der Waals surface area (Å²) >= 11 is 1.84. The lowest BCUT2D eigenvalue weighted by Crippen LogP contribution is -2.25. The van der Waals surface area contributed by atoms with Gasteiger partial charge in [0.25, 0.3) is 0 Å². The highest BCUT2D eigenvalue weighted by Gasteiger charge is 2.00. The standard InChI is InChI=1S/C13H24N2S/c1-12(2)14-8-4-5-9-15(3)11-13-7-6-10-16-13/h6-7,10,12,14H,4-5,8-9,11H2,1-3H3. The molecule has 0 aliphatic carbocycles. The van der Waals surface area contributed by atoms with Crippen molar-refractivity contribution >= 4 is 11.3 Å². The number of nitrogens with zero attached hydrogens (tertiary/aromatic N) is 1. The number of thiophene rings is 1. The molecule has 0 aliphatic heterocycles. The largest absolute Gasteiger partial charge is 0.315 e. The summed E-state index contributed by atoms with van der Waals surface area (Å²) in [5.41, 5.74) is 0. The van der Waals surface area contributed by atoms with Crippen LogP contribution in [0.25, 0.3) is 0 Å². The van der Waals surface area contributed by atoms with Gasteiger partial charge >= 0.3 is 0 Å². The molecule has 3 heteroatoms.